The Hall–Kier alpha value is -3.01. The van der Waals surface area contributed by atoms with Crippen molar-refractivity contribution in [2.24, 2.45) is 5.10 Å². The third kappa shape index (κ3) is 5.24. The lowest BCUT2D eigenvalue weighted by Gasteiger charge is -2.17. The van der Waals surface area contributed by atoms with Gasteiger partial charge >= 0.3 is 6.18 Å². The number of nitrogens with one attached hydrogen (secondary N) is 1. The first-order valence-electron chi connectivity index (χ1n) is 7.55. The Morgan fingerprint density at radius 3 is 2.48 bits per heavy atom. The highest BCUT2D eigenvalue weighted by Crippen LogP contribution is 2.34. The quantitative estimate of drug-likeness (QED) is 0.619. The molecule has 0 unspecified atom stereocenters. The largest absolute Gasteiger partial charge is 0.418 e. The molecule has 0 aliphatic rings. The maximum Gasteiger partial charge on any atom is 0.418 e. The van der Waals surface area contributed by atoms with Crippen molar-refractivity contribution in [1.82, 2.24) is 0 Å². The van der Waals surface area contributed by atoms with Crippen molar-refractivity contribution in [3.05, 3.63) is 59.7 Å². The summed E-state index contributed by atoms with van der Waals surface area (Å²) in [6, 6.07) is 14.6. The fourth-order valence-corrected chi connectivity index (χ4v) is 2.17. The predicted octanol–water partition coefficient (Wildman–Crippen LogP) is 4.50. The van der Waals surface area contributed by atoms with E-state index in [-0.39, 0.29) is 5.69 Å². The molecule has 0 aliphatic heterocycles. The number of alkyl halides is 3. The second kappa shape index (κ2) is 8.20. The maximum absolute atomic E-state index is 12.9. The maximum atomic E-state index is 12.9. The summed E-state index contributed by atoms with van der Waals surface area (Å²) < 4.78 is 38.7. The van der Waals surface area contributed by atoms with Crippen LogP contribution in [0.5, 0.6) is 0 Å². The zero-order valence-electron chi connectivity index (χ0n) is 13.6. The van der Waals surface area contributed by atoms with Crippen LogP contribution in [0.4, 0.5) is 24.5 Å². The van der Waals surface area contributed by atoms with Crippen LogP contribution in [0.1, 0.15) is 17.5 Å². The van der Waals surface area contributed by atoms with Gasteiger partial charge in [-0.25, -0.2) is 0 Å². The van der Waals surface area contributed by atoms with Crippen molar-refractivity contribution in [3.63, 3.8) is 0 Å². The van der Waals surface area contributed by atoms with E-state index in [1.807, 2.05) is 24.1 Å². The molecule has 7 heteroatoms. The molecule has 0 heterocycles. The number of para-hydroxylation sites is 1. The summed E-state index contributed by atoms with van der Waals surface area (Å²) in [6.45, 7) is 0.625. The Morgan fingerprint density at radius 1 is 1.16 bits per heavy atom. The average Bonchev–Trinajstić information content (AvgIpc) is 2.60. The molecule has 2 aromatic rings. The topological polar surface area (TPSA) is 51.4 Å². The monoisotopic (exact) mass is 346 g/mol. The summed E-state index contributed by atoms with van der Waals surface area (Å²) in [7, 11) is 1.88. The Labute approximate surface area is 144 Å². The van der Waals surface area contributed by atoms with Crippen molar-refractivity contribution in [2.45, 2.75) is 12.6 Å². The summed E-state index contributed by atoms with van der Waals surface area (Å²) in [5.41, 5.74) is 3.27. The van der Waals surface area contributed by atoms with E-state index in [1.165, 1.54) is 24.4 Å². The lowest BCUT2D eigenvalue weighted by atomic mass is 10.2. The van der Waals surface area contributed by atoms with E-state index in [9.17, 15) is 13.2 Å². The molecule has 0 bridgehead atoms. The molecule has 0 fully saturated rings. The Morgan fingerprint density at radius 2 is 1.84 bits per heavy atom. The smallest absolute Gasteiger partial charge is 0.374 e. The van der Waals surface area contributed by atoms with E-state index >= 15 is 0 Å². The number of anilines is 2. The molecular weight excluding hydrogens is 329 g/mol. The van der Waals surface area contributed by atoms with E-state index < -0.39 is 11.7 Å². The minimum absolute atomic E-state index is 0.0980. The zero-order chi connectivity index (χ0) is 18.3. The van der Waals surface area contributed by atoms with Gasteiger partial charge in [0, 0.05) is 19.3 Å². The first kappa shape index (κ1) is 18.3. The van der Waals surface area contributed by atoms with Crippen LogP contribution in [0.15, 0.2) is 53.6 Å². The van der Waals surface area contributed by atoms with Crippen LogP contribution in [0.25, 0.3) is 0 Å². The van der Waals surface area contributed by atoms with Crippen LogP contribution >= 0.6 is 0 Å². The lowest BCUT2D eigenvalue weighted by Crippen LogP contribution is -2.17. The van der Waals surface area contributed by atoms with Gasteiger partial charge in [0.1, 0.15) is 0 Å². The van der Waals surface area contributed by atoms with Crippen LogP contribution in [0.3, 0.4) is 0 Å². The summed E-state index contributed by atoms with van der Waals surface area (Å²) in [6.07, 6.45) is -2.55. The van der Waals surface area contributed by atoms with E-state index in [0.29, 0.717) is 13.0 Å². The molecule has 130 valence electrons. The highest BCUT2D eigenvalue weighted by molar-refractivity contribution is 5.81. The number of benzene rings is 2. The molecule has 25 heavy (non-hydrogen) atoms. The van der Waals surface area contributed by atoms with Gasteiger partial charge in [0.2, 0.25) is 0 Å². The standard InChI is InChI=1S/C18H17F3N4/c1-25(12-4-11-22)15-9-7-14(8-10-15)13-23-24-17-6-3-2-5-16(17)18(19,20)21/h2-3,5-10,13,24H,4,12H2,1H3/b23-13-. The molecule has 0 saturated heterocycles. The Bertz CT molecular complexity index is 761. The van der Waals surface area contributed by atoms with Gasteiger partial charge in [-0.15, -0.1) is 0 Å². The summed E-state index contributed by atoms with van der Waals surface area (Å²) in [4.78, 5) is 1.95. The lowest BCUT2D eigenvalue weighted by molar-refractivity contribution is -0.136. The molecule has 0 spiro atoms. The highest BCUT2D eigenvalue weighted by Gasteiger charge is 2.33. The van der Waals surface area contributed by atoms with Crippen LogP contribution < -0.4 is 10.3 Å². The second-order valence-corrected chi connectivity index (χ2v) is 5.33. The highest BCUT2D eigenvalue weighted by atomic mass is 19.4. The molecule has 2 aromatic carbocycles. The van der Waals surface area contributed by atoms with E-state index in [1.54, 1.807) is 12.1 Å². The molecule has 0 atom stereocenters. The number of hydrazone groups is 1. The van der Waals surface area contributed by atoms with Crippen molar-refractivity contribution in [3.8, 4) is 6.07 Å². The van der Waals surface area contributed by atoms with Gasteiger partial charge in [-0.2, -0.15) is 23.5 Å². The fraction of sp³-hybridized carbons (Fsp3) is 0.222. The Kier molecular flexibility index (Phi) is 6.01. The molecule has 0 saturated carbocycles. The number of halogens is 3. The Balaban J connectivity index is 2.03. The third-order valence-corrected chi connectivity index (χ3v) is 3.52. The predicted molar refractivity (Wildman–Crippen MR) is 92.6 cm³/mol. The van der Waals surface area contributed by atoms with Crippen molar-refractivity contribution in [1.29, 1.82) is 5.26 Å². The van der Waals surface area contributed by atoms with E-state index in [2.05, 4.69) is 16.6 Å². The van der Waals surface area contributed by atoms with Crippen molar-refractivity contribution in [2.75, 3.05) is 23.9 Å². The number of hydrogen-bond acceptors (Lipinski definition) is 4. The molecule has 0 aliphatic carbocycles. The molecular formula is C18H17F3N4. The van der Waals surface area contributed by atoms with Crippen LogP contribution in [-0.2, 0) is 6.18 Å². The van der Waals surface area contributed by atoms with E-state index in [4.69, 9.17) is 5.26 Å². The normalized spacial score (nSPS) is 11.3. The molecule has 2 rings (SSSR count). The first-order valence-corrected chi connectivity index (χ1v) is 7.55. The molecule has 4 nitrogen and oxygen atoms in total. The molecule has 0 aromatic heterocycles. The third-order valence-electron chi connectivity index (χ3n) is 3.52. The average molecular weight is 346 g/mol. The SMILES string of the molecule is CN(CCC#N)c1ccc(/C=N\Nc2ccccc2C(F)(F)F)cc1. The summed E-state index contributed by atoms with van der Waals surface area (Å²) in [5.74, 6) is 0. The zero-order valence-corrected chi connectivity index (χ0v) is 13.6. The van der Waals surface area contributed by atoms with Crippen LogP contribution in [-0.4, -0.2) is 19.8 Å². The van der Waals surface area contributed by atoms with Crippen molar-refractivity contribution < 1.29 is 13.2 Å². The number of rotatable bonds is 6. The summed E-state index contributed by atoms with van der Waals surface area (Å²) in [5, 5.41) is 12.5. The number of nitrogens with zero attached hydrogens (tertiary/aromatic N) is 3. The molecule has 1 N–H and O–H groups in total. The fourth-order valence-electron chi connectivity index (χ4n) is 2.17. The van der Waals surface area contributed by atoms with Gasteiger partial charge in [-0.05, 0) is 29.8 Å². The minimum atomic E-state index is -4.44. The van der Waals surface area contributed by atoms with Gasteiger partial charge in [0.15, 0.2) is 0 Å². The van der Waals surface area contributed by atoms with Gasteiger partial charge in [0.25, 0.3) is 0 Å². The molecule has 0 radical (unpaired) electrons. The van der Waals surface area contributed by atoms with Gasteiger partial charge in [0.05, 0.1) is 30.0 Å². The molecule has 0 amide bonds. The van der Waals surface area contributed by atoms with Crippen molar-refractivity contribution >= 4 is 17.6 Å². The summed E-state index contributed by atoms with van der Waals surface area (Å²) >= 11 is 0. The first-order chi connectivity index (χ1) is 11.9. The number of hydrogen-bond donors (Lipinski definition) is 1. The van der Waals surface area contributed by atoms with Crippen LogP contribution in [0, 0.1) is 11.3 Å². The minimum Gasteiger partial charge on any atom is -0.374 e. The van der Waals surface area contributed by atoms with Gasteiger partial charge in [-0.3, -0.25) is 5.43 Å². The van der Waals surface area contributed by atoms with E-state index in [0.717, 1.165) is 17.3 Å². The second-order valence-electron chi connectivity index (χ2n) is 5.33. The van der Waals surface area contributed by atoms with Gasteiger partial charge < -0.3 is 4.90 Å². The number of nitriles is 1. The van der Waals surface area contributed by atoms with Crippen LogP contribution in [0.2, 0.25) is 0 Å². The van der Waals surface area contributed by atoms with Gasteiger partial charge in [-0.1, -0.05) is 24.3 Å².